The fourth-order valence-electron chi connectivity index (χ4n) is 3.59. The predicted octanol–water partition coefficient (Wildman–Crippen LogP) is 3.49. The zero-order chi connectivity index (χ0) is 24.9. The fraction of sp³-hybridized carbons (Fsp3) is 0.115. The van der Waals surface area contributed by atoms with Crippen LogP contribution in [-0.2, 0) is 9.59 Å². The maximum absolute atomic E-state index is 12.5. The summed E-state index contributed by atoms with van der Waals surface area (Å²) in [7, 11) is 0. The Bertz CT molecular complexity index is 1300. The molecule has 0 unspecified atom stereocenters. The van der Waals surface area contributed by atoms with E-state index in [-0.39, 0.29) is 24.6 Å². The van der Waals surface area contributed by atoms with Crippen LogP contribution in [0.5, 0.6) is 5.75 Å². The molecule has 4 rings (SSSR count). The molecule has 0 saturated heterocycles. The van der Waals surface area contributed by atoms with Gasteiger partial charge in [-0.1, -0.05) is 18.2 Å². The molecule has 2 N–H and O–H groups in total. The second kappa shape index (κ2) is 10.0. The average Bonchev–Trinajstić information content (AvgIpc) is 3.08. The summed E-state index contributed by atoms with van der Waals surface area (Å²) in [5.74, 6) is -1.78. The van der Waals surface area contributed by atoms with E-state index in [9.17, 15) is 24.0 Å². The molecular formula is C26H21N3O6. The highest BCUT2D eigenvalue weighted by molar-refractivity contribution is 6.21. The number of amides is 4. The van der Waals surface area contributed by atoms with Gasteiger partial charge >= 0.3 is 5.97 Å². The van der Waals surface area contributed by atoms with Gasteiger partial charge in [0.25, 0.3) is 17.7 Å². The van der Waals surface area contributed by atoms with Crippen LogP contribution in [0.2, 0.25) is 0 Å². The number of benzene rings is 3. The Hall–Kier alpha value is -4.79. The van der Waals surface area contributed by atoms with E-state index < -0.39 is 23.7 Å². The van der Waals surface area contributed by atoms with Crippen LogP contribution in [0.25, 0.3) is 0 Å². The van der Waals surface area contributed by atoms with Crippen LogP contribution in [0.1, 0.15) is 44.4 Å². The van der Waals surface area contributed by atoms with E-state index in [0.29, 0.717) is 28.1 Å². The third-order valence-electron chi connectivity index (χ3n) is 5.22. The van der Waals surface area contributed by atoms with E-state index in [1.54, 1.807) is 66.7 Å². The molecular weight excluding hydrogens is 450 g/mol. The SMILES string of the molecule is CC(=O)Oc1cccc(C(=O)Nc2ccc(NC(=O)CCN3C(=O)c4ccccc4C3=O)cc2)c1. The van der Waals surface area contributed by atoms with Gasteiger partial charge in [-0.25, -0.2) is 0 Å². The van der Waals surface area contributed by atoms with Crippen molar-refractivity contribution in [2.24, 2.45) is 0 Å². The summed E-state index contributed by atoms with van der Waals surface area (Å²) in [6.07, 6.45) is -0.0529. The van der Waals surface area contributed by atoms with Gasteiger partial charge in [-0.2, -0.15) is 0 Å². The van der Waals surface area contributed by atoms with Gasteiger partial charge < -0.3 is 15.4 Å². The van der Waals surface area contributed by atoms with E-state index in [4.69, 9.17) is 4.74 Å². The molecule has 3 aromatic rings. The van der Waals surface area contributed by atoms with Crippen LogP contribution < -0.4 is 15.4 Å². The number of nitrogens with zero attached hydrogens (tertiary/aromatic N) is 1. The molecule has 0 radical (unpaired) electrons. The van der Waals surface area contributed by atoms with Crippen molar-refractivity contribution in [1.82, 2.24) is 4.90 Å². The van der Waals surface area contributed by atoms with Crippen LogP contribution >= 0.6 is 0 Å². The quantitative estimate of drug-likeness (QED) is 0.309. The number of carbonyl (C=O) groups is 5. The maximum atomic E-state index is 12.5. The summed E-state index contributed by atoms with van der Waals surface area (Å²) in [6, 6.07) is 19.2. The molecule has 0 atom stereocenters. The molecule has 9 nitrogen and oxygen atoms in total. The van der Waals surface area contributed by atoms with Crippen LogP contribution in [0.4, 0.5) is 11.4 Å². The third-order valence-corrected chi connectivity index (χ3v) is 5.22. The summed E-state index contributed by atoms with van der Waals surface area (Å²) in [4.78, 5) is 61.8. The Morgan fingerprint density at radius 3 is 2.00 bits per heavy atom. The highest BCUT2D eigenvalue weighted by Gasteiger charge is 2.34. The fourth-order valence-corrected chi connectivity index (χ4v) is 3.59. The first-order chi connectivity index (χ1) is 16.8. The first-order valence-electron chi connectivity index (χ1n) is 10.8. The molecule has 0 fully saturated rings. The first kappa shape index (κ1) is 23.4. The molecule has 9 heteroatoms. The Kier molecular flexibility index (Phi) is 6.68. The largest absolute Gasteiger partial charge is 0.427 e. The van der Waals surface area contributed by atoms with Gasteiger partial charge in [-0.15, -0.1) is 0 Å². The minimum absolute atomic E-state index is 0.0290. The first-order valence-corrected chi connectivity index (χ1v) is 10.8. The van der Waals surface area contributed by atoms with E-state index in [1.807, 2.05) is 0 Å². The molecule has 176 valence electrons. The average molecular weight is 471 g/mol. The number of hydrogen-bond donors (Lipinski definition) is 2. The van der Waals surface area contributed by atoms with Crippen LogP contribution in [-0.4, -0.2) is 41.0 Å². The number of esters is 1. The highest BCUT2D eigenvalue weighted by atomic mass is 16.5. The van der Waals surface area contributed by atoms with E-state index in [2.05, 4.69) is 10.6 Å². The zero-order valence-electron chi connectivity index (χ0n) is 18.7. The van der Waals surface area contributed by atoms with E-state index >= 15 is 0 Å². The second-order valence-electron chi connectivity index (χ2n) is 7.76. The lowest BCUT2D eigenvalue weighted by atomic mass is 10.1. The van der Waals surface area contributed by atoms with Crippen molar-refractivity contribution < 1.29 is 28.7 Å². The number of fused-ring (bicyclic) bond motifs is 1. The molecule has 3 aromatic carbocycles. The van der Waals surface area contributed by atoms with Gasteiger partial charge in [-0.3, -0.25) is 28.9 Å². The van der Waals surface area contributed by atoms with Gasteiger partial charge in [0.2, 0.25) is 5.91 Å². The molecule has 1 aliphatic rings. The monoisotopic (exact) mass is 471 g/mol. The molecule has 35 heavy (non-hydrogen) atoms. The molecule has 4 amide bonds. The molecule has 0 aromatic heterocycles. The Morgan fingerprint density at radius 2 is 1.40 bits per heavy atom. The summed E-state index contributed by atoms with van der Waals surface area (Å²) < 4.78 is 4.99. The van der Waals surface area contributed by atoms with Gasteiger partial charge in [0.05, 0.1) is 11.1 Å². The molecule has 1 aliphatic heterocycles. The summed E-state index contributed by atoms with van der Waals surface area (Å²) >= 11 is 0. The van der Waals surface area contributed by atoms with Crippen molar-refractivity contribution in [2.75, 3.05) is 17.2 Å². The topological polar surface area (TPSA) is 122 Å². The Labute approximate surface area is 200 Å². The Morgan fingerprint density at radius 1 is 0.800 bits per heavy atom. The van der Waals surface area contributed by atoms with Gasteiger partial charge in [0.1, 0.15) is 5.75 Å². The summed E-state index contributed by atoms with van der Waals surface area (Å²) in [5.41, 5.74) is 1.99. The molecule has 1 heterocycles. The number of carbonyl (C=O) groups excluding carboxylic acids is 5. The number of imide groups is 1. The maximum Gasteiger partial charge on any atom is 0.308 e. The summed E-state index contributed by atoms with van der Waals surface area (Å²) in [5, 5.41) is 5.43. The van der Waals surface area contributed by atoms with Gasteiger partial charge in [-0.05, 0) is 54.6 Å². The van der Waals surface area contributed by atoms with Gasteiger partial charge in [0.15, 0.2) is 0 Å². The van der Waals surface area contributed by atoms with Crippen molar-refractivity contribution >= 4 is 41.0 Å². The van der Waals surface area contributed by atoms with Crippen LogP contribution in [0.15, 0.2) is 72.8 Å². The number of anilines is 2. The zero-order valence-corrected chi connectivity index (χ0v) is 18.7. The number of rotatable bonds is 7. The summed E-state index contributed by atoms with van der Waals surface area (Å²) in [6.45, 7) is 1.25. The van der Waals surface area contributed by atoms with Crippen molar-refractivity contribution in [3.63, 3.8) is 0 Å². The predicted molar refractivity (Wildman–Crippen MR) is 127 cm³/mol. The lowest BCUT2D eigenvalue weighted by Gasteiger charge is -2.13. The Balaban J connectivity index is 1.30. The van der Waals surface area contributed by atoms with Crippen molar-refractivity contribution in [2.45, 2.75) is 13.3 Å². The van der Waals surface area contributed by atoms with E-state index in [1.165, 1.54) is 13.0 Å². The molecule has 0 aliphatic carbocycles. The standard InChI is InChI=1S/C26H21N3O6/c1-16(30)35-20-6-4-5-17(15-20)24(32)28-19-11-9-18(10-12-19)27-23(31)13-14-29-25(33)21-7-2-3-8-22(21)26(29)34/h2-12,15H,13-14H2,1H3,(H,27,31)(H,28,32). The minimum Gasteiger partial charge on any atom is -0.427 e. The highest BCUT2D eigenvalue weighted by Crippen LogP contribution is 2.23. The van der Waals surface area contributed by atoms with Crippen molar-refractivity contribution in [3.05, 3.63) is 89.5 Å². The molecule has 0 spiro atoms. The van der Waals surface area contributed by atoms with Crippen LogP contribution in [0, 0.1) is 0 Å². The normalized spacial score (nSPS) is 12.2. The van der Waals surface area contributed by atoms with Gasteiger partial charge in [0, 0.05) is 36.8 Å². The van der Waals surface area contributed by atoms with E-state index in [0.717, 1.165) is 4.90 Å². The smallest absolute Gasteiger partial charge is 0.308 e. The lowest BCUT2D eigenvalue weighted by Crippen LogP contribution is -2.32. The third kappa shape index (κ3) is 5.41. The van der Waals surface area contributed by atoms with Crippen LogP contribution in [0.3, 0.4) is 0 Å². The van der Waals surface area contributed by atoms with Crippen molar-refractivity contribution in [1.29, 1.82) is 0 Å². The lowest BCUT2D eigenvalue weighted by molar-refractivity contribution is -0.131. The molecule has 0 saturated carbocycles. The number of nitrogens with one attached hydrogen (secondary N) is 2. The minimum atomic E-state index is -0.482. The molecule has 0 bridgehead atoms. The number of hydrogen-bond acceptors (Lipinski definition) is 6. The van der Waals surface area contributed by atoms with Crippen molar-refractivity contribution in [3.8, 4) is 5.75 Å². The number of ether oxygens (including phenoxy) is 1. The second-order valence-corrected chi connectivity index (χ2v) is 7.76.